The molecule has 0 bridgehead atoms. The fourth-order valence-corrected chi connectivity index (χ4v) is 3.87. The lowest BCUT2D eigenvalue weighted by atomic mass is 9.96. The molecule has 2 atom stereocenters. The molecule has 1 N–H and O–H groups in total. The summed E-state index contributed by atoms with van der Waals surface area (Å²) in [6.45, 7) is 9.63. The third-order valence-electron chi connectivity index (χ3n) is 5.80. The smallest absolute Gasteiger partial charge is 0.226 e. The maximum atomic E-state index is 12.9. The molecule has 2 aromatic rings. The van der Waals surface area contributed by atoms with Crippen LogP contribution in [0.25, 0.3) is 11.3 Å². The lowest BCUT2D eigenvalue weighted by Crippen LogP contribution is -2.36. The highest BCUT2D eigenvalue weighted by molar-refractivity contribution is 7.59. The first-order valence-electron chi connectivity index (χ1n) is 9.58. The predicted octanol–water partition coefficient (Wildman–Crippen LogP) is 4.46. The fraction of sp³-hybridized carbons (Fsp3) is 0.524. The van der Waals surface area contributed by atoms with Crippen molar-refractivity contribution < 1.29 is 9.53 Å². The quantitative estimate of drug-likeness (QED) is 0.796. The Morgan fingerprint density at radius 2 is 2.04 bits per heavy atom. The first kappa shape index (κ1) is 22.7. The van der Waals surface area contributed by atoms with E-state index in [4.69, 9.17) is 9.72 Å². The van der Waals surface area contributed by atoms with Gasteiger partial charge in [0.25, 0.3) is 0 Å². The number of H-pyrrole nitrogens is 1. The monoisotopic (exact) mass is 421 g/mol. The maximum absolute atomic E-state index is 12.9. The molecular weight excluding hydrogens is 390 g/mol. The minimum Gasteiger partial charge on any atom is -0.487 e. The van der Waals surface area contributed by atoms with Crippen molar-refractivity contribution in [1.29, 1.82) is 0 Å². The van der Waals surface area contributed by atoms with Crippen molar-refractivity contribution in [1.82, 2.24) is 14.9 Å². The summed E-state index contributed by atoms with van der Waals surface area (Å²) in [6.07, 6.45) is 1.99. The largest absolute Gasteiger partial charge is 0.487 e. The third-order valence-corrected chi connectivity index (χ3v) is 5.80. The molecule has 2 aliphatic rings. The van der Waals surface area contributed by atoms with Gasteiger partial charge in [0, 0.05) is 18.0 Å². The number of carbonyl (C=O) groups is 1. The van der Waals surface area contributed by atoms with E-state index >= 15 is 0 Å². The number of amides is 1. The number of nitrogens with zero attached hydrogens (tertiary/aromatic N) is 2. The average Bonchev–Trinajstić information content (AvgIpc) is 3.26. The number of hydrogen-bond donors (Lipinski definition) is 1. The van der Waals surface area contributed by atoms with Crippen LogP contribution in [0.5, 0.6) is 5.75 Å². The van der Waals surface area contributed by atoms with Crippen LogP contribution < -0.4 is 4.74 Å². The highest BCUT2D eigenvalue weighted by Crippen LogP contribution is 2.39. The van der Waals surface area contributed by atoms with Gasteiger partial charge in [-0.2, -0.15) is 27.0 Å². The second kappa shape index (κ2) is 8.82. The van der Waals surface area contributed by atoms with E-state index in [1.165, 1.54) is 5.56 Å². The van der Waals surface area contributed by atoms with Crippen LogP contribution in [-0.2, 0) is 11.4 Å². The van der Waals surface area contributed by atoms with Crippen LogP contribution >= 0.6 is 27.0 Å². The minimum atomic E-state index is 0. The van der Waals surface area contributed by atoms with Crippen molar-refractivity contribution >= 4 is 32.9 Å². The third kappa shape index (κ3) is 3.92. The van der Waals surface area contributed by atoms with E-state index in [1.807, 2.05) is 11.8 Å². The molecule has 0 unspecified atom stereocenters. The molecule has 28 heavy (non-hydrogen) atoms. The molecule has 0 spiro atoms. The first-order valence-corrected chi connectivity index (χ1v) is 9.58. The Morgan fingerprint density at radius 3 is 2.75 bits per heavy atom. The van der Waals surface area contributed by atoms with Gasteiger partial charge in [0.15, 0.2) is 0 Å². The van der Waals surface area contributed by atoms with Crippen LogP contribution in [-0.4, -0.2) is 27.3 Å². The zero-order valence-corrected chi connectivity index (χ0v) is 19.0. The van der Waals surface area contributed by atoms with Crippen molar-refractivity contribution in [3.8, 4) is 17.0 Å². The molecule has 1 aromatic heterocycles. The van der Waals surface area contributed by atoms with E-state index in [2.05, 4.69) is 44.0 Å². The highest BCUT2D eigenvalue weighted by atomic mass is 32.1. The predicted molar refractivity (Wildman–Crippen MR) is 122 cm³/mol. The van der Waals surface area contributed by atoms with Gasteiger partial charge in [0.05, 0.1) is 17.4 Å². The molecule has 3 heterocycles. The molecule has 0 aliphatic carbocycles. The molecular formula is C21H31N3O2S2. The van der Waals surface area contributed by atoms with E-state index in [-0.39, 0.29) is 44.9 Å². The summed E-state index contributed by atoms with van der Waals surface area (Å²) in [7, 11) is 0. The summed E-state index contributed by atoms with van der Waals surface area (Å²) in [5.74, 6) is 2.41. The summed E-state index contributed by atoms with van der Waals surface area (Å²) in [6, 6.07) is 6.26. The lowest BCUT2D eigenvalue weighted by Gasteiger charge is -2.27. The second-order valence-electron chi connectivity index (χ2n) is 7.96. The summed E-state index contributed by atoms with van der Waals surface area (Å²) in [4.78, 5) is 23.3. The number of benzene rings is 1. The molecule has 1 fully saturated rings. The van der Waals surface area contributed by atoms with E-state index < -0.39 is 0 Å². The molecule has 5 nitrogen and oxygen atoms in total. The van der Waals surface area contributed by atoms with Crippen LogP contribution in [0.2, 0.25) is 0 Å². The van der Waals surface area contributed by atoms with Crippen molar-refractivity contribution in [2.45, 2.75) is 53.2 Å². The van der Waals surface area contributed by atoms with E-state index in [0.717, 1.165) is 47.9 Å². The minimum absolute atomic E-state index is 0. The summed E-state index contributed by atoms with van der Waals surface area (Å²) in [5.41, 5.74) is 4.19. The Balaban J connectivity index is 0.00000140. The highest BCUT2D eigenvalue weighted by Gasteiger charge is 2.36. The Labute approximate surface area is 181 Å². The molecule has 1 saturated heterocycles. The fourth-order valence-electron chi connectivity index (χ4n) is 3.87. The number of imidazole rings is 1. The van der Waals surface area contributed by atoms with E-state index in [1.54, 1.807) is 0 Å². The number of aryl methyl sites for hydroxylation is 1. The van der Waals surface area contributed by atoms with Gasteiger partial charge < -0.3 is 14.6 Å². The van der Waals surface area contributed by atoms with Crippen molar-refractivity contribution in [3.05, 3.63) is 35.3 Å². The molecule has 1 aromatic carbocycles. The van der Waals surface area contributed by atoms with E-state index in [0.29, 0.717) is 12.5 Å². The van der Waals surface area contributed by atoms with Gasteiger partial charge >= 0.3 is 0 Å². The Morgan fingerprint density at radius 1 is 1.29 bits per heavy atom. The standard InChI is InChI=1S/C21H27N3O2.2H2S/c1-12(2)14(4)21(25)24-9-5-6-17(24)20-22-16-11-26-18-10-13(3)7-8-15(18)19(16)23-20;;/h7-8,10,12,14,17H,5-6,9,11H2,1-4H3,(H,22,23);2*1H2/t14-,17-;;/m0../s1. The molecule has 7 heteroatoms. The SMILES string of the molecule is Cc1ccc2c(c1)OCc1[nH]c([C@@H]3CCCN3C(=O)[C@@H](C)C(C)C)nc1-2.S.S. The number of ether oxygens (including phenoxy) is 1. The lowest BCUT2D eigenvalue weighted by molar-refractivity contribution is -0.137. The topological polar surface area (TPSA) is 58.2 Å². The van der Waals surface area contributed by atoms with Crippen molar-refractivity contribution in [3.63, 3.8) is 0 Å². The van der Waals surface area contributed by atoms with Crippen molar-refractivity contribution in [2.75, 3.05) is 6.54 Å². The Bertz CT molecular complexity index is 850. The van der Waals surface area contributed by atoms with Gasteiger partial charge in [-0.3, -0.25) is 4.79 Å². The Hall–Kier alpha value is -1.60. The van der Waals surface area contributed by atoms with Crippen LogP contribution in [0.1, 0.15) is 56.7 Å². The van der Waals surface area contributed by atoms with Crippen LogP contribution in [0.3, 0.4) is 0 Å². The van der Waals surface area contributed by atoms with Crippen LogP contribution in [0.15, 0.2) is 18.2 Å². The number of hydrogen-bond acceptors (Lipinski definition) is 3. The molecule has 1 amide bonds. The van der Waals surface area contributed by atoms with Crippen molar-refractivity contribution in [2.24, 2.45) is 11.8 Å². The molecule has 4 rings (SSSR count). The van der Waals surface area contributed by atoms with Gasteiger partial charge in [0.1, 0.15) is 18.2 Å². The number of carbonyl (C=O) groups excluding carboxylic acids is 1. The van der Waals surface area contributed by atoms with Gasteiger partial charge in [-0.05, 0) is 43.4 Å². The van der Waals surface area contributed by atoms with Crippen LogP contribution in [0.4, 0.5) is 0 Å². The molecule has 0 saturated carbocycles. The van der Waals surface area contributed by atoms with Gasteiger partial charge in [-0.15, -0.1) is 0 Å². The average molecular weight is 422 g/mol. The zero-order chi connectivity index (χ0) is 18.4. The van der Waals surface area contributed by atoms with Gasteiger partial charge in [0.2, 0.25) is 5.91 Å². The number of rotatable bonds is 3. The summed E-state index contributed by atoms with van der Waals surface area (Å²) >= 11 is 0. The number of aromatic nitrogens is 2. The second-order valence-corrected chi connectivity index (χ2v) is 7.96. The molecule has 154 valence electrons. The number of aromatic amines is 1. The number of fused-ring (bicyclic) bond motifs is 3. The molecule has 0 radical (unpaired) electrons. The summed E-state index contributed by atoms with van der Waals surface area (Å²) < 4.78 is 5.90. The van der Waals surface area contributed by atoms with Crippen LogP contribution in [0, 0.1) is 18.8 Å². The van der Waals surface area contributed by atoms with Gasteiger partial charge in [-0.1, -0.05) is 26.8 Å². The van der Waals surface area contributed by atoms with Gasteiger partial charge in [-0.25, -0.2) is 4.98 Å². The molecule has 2 aliphatic heterocycles. The first-order chi connectivity index (χ1) is 12.5. The van der Waals surface area contributed by atoms with E-state index in [9.17, 15) is 4.79 Å². The Kier molecular flexibility index (Phi) is 7.15. The number of nitrogens with one attached hydrogen (secondary N) is 1. The normalized spacial score (nSPS) is 18.5. The zero-order valence-electron chi connectivity index (χ0n) is 17.0. The maximum Gasteiger partial charge on any atom is 0.226 e. The number of likely N-dealkylation sites (tertiary alicyclic amines) is 1. The summed E-state index contributed by atoms with van der Waals surface area (Å²) in [5, 5.41) is 0.